The highest BCUT2D eigenvalue weighted by Gasteiger charge is 2.05. The van der Waals surface area contributed by atoms with Crippen LogP contribution >= 0.6 is 12.2 Å². The van der Waals surface area contributed by atoms with Crippen LogP contribution < -0.4 is 4.74 Å². The Morgan fingerprint density at radius 2 is 1.28 bits per heavy atom. The first-order chi connectivity index (χ1) is 17.7. The van der Waals surface area contributed by atoms with Gasteiger partial charge in [-0.25, -0.2) is 0 Å². The smallest absolute Gasteiger partial charge is 0.126 e. The molecule has 0 aliphatic rings. The molecule has 0 saturated heterocycles. The molecule has 0 spiro atoms. The zero-order valence-corrected chi connectivity index (χ0v) is 23.9. The summed E-state index contributed by atoms with van der Waals surface area (Å²) in [6.07, 6.45) is 25.6. The molecule has 2 heteroatoms. The van der Waals surface area contributed by atoms with Crippen molar-refractivity contribution in [3.05, 3.63) is 71.3 Å². The summed E-state index contributed by atoms with van der Waals surface area (Å²) in [5.74, 6) is 0.989. The first-order valence-corrected chi connectivity index (χ1v) is 15.2. The van der Waals surface area contributed by atoms with Gasteiger partial charge in [-0.15, -0.1) is 0 Å². The number of aryl methyl sites for hydroxylation is 1. The van der Waals surface area contributed by atoms with Gasteiger partial charge in [-0.05, 0) is 42.2 Å². The van der Waals surface area contributed by atoms with Gasteiger partial charge in [0.05, 0.1) is 6.61 Å². The first-order valence-electron chi connectivity index (χ1n) is 14.8. The van der Waals surface area contributed by atoms with E-state index in [1.165, 1.54) is 89.0 Å². The molecule has 0 aliphatic carbocycles. The molecule has 1 nitrogen and oxygen atoms in total. The third kappa shape index (κ3) is 13.4. The third-order valence-corrected chi connectivity index (χ3v) is 7.22. The summed E-state index contributed by atoms with van der Waals surface area (Å²) in [5.41, 5.74) is 3.53. The van der Waals surface area contributed by atoms with Crippen LogP contribution in [0.5, 0.6) is 5.75 Å². The molecule has 0 fully saturated rings. The van der Waals surface area contributed by atoms with E-state index in [2.05, 4.69) is 50.3 Å². The van der Waals surface area contributed by atoms with Crippen molar-refractivity contribution in [3.63, 3.8) is 0 Å². The Morgan fingerprint density at radius 1 is 0.694 bits per heavy atom. The van der Waals surface area contributed by atoms with Gasteiger partial charge in [-0.3, -0.25) is 0 Å². The van der Waals surface area contributed by atoms with E-state index in [4.69, 9.17) is 17.0 Å². The van der Waals surface area contributed by atoms with Crippen LogP contribution in [0.15, 0.2) is 54.6 Å². The lowest BCUT2D eigenvalue weighted by Gasteiger charge is -2.12. The molecule has 2 rings (SSSR count). The van der Waals surface area contributed by atoms with Gasteiger partial charge in [-0.1, -0.05) is 158 Å². The number of benzene rings is 2. The number of allylic oxidation sites excluding steroid dienone is 1. The van der Waals surface area contributed by atoms with Gasteiger partial charge in [0.15, 0.2) is 0 Å². The number of ether oxygens (including phenoxy) is 1. The summed E-state index contributed by atoms with van der Waals surface area (Å²) in [4.78, 5) is 0.853. The van der Waals surface area contributed by atoms with Gasteiger partial charge in [0.2, 0.25) is 0 Å². The Hall–Kier alpha value is -1.93. The van der Waals surface area contributed by atoms with Crippen molar-refractivity contribution in [2.24, 2.45) is 0 Å². The summed E-state index contributed by atoms with van der Waals surface area (Å²) >= 11 is 5.61. The fourth-order valence-electron chi connectivity index (χ4n) is 4.63. The first kappa shape index (κ1) is 30.3. The van der Waals surface area contributed by atoms with E-state index in [0.29, 0.717) is 0 Å². The van der Waals surface area contributed by atoms with Crippen LogP contribution in [0.2, 0.25) is 0 Å². The van der Waals surface area contributed by atoms with Crippen molar-refractivity contribution < 1.29 is 4.74 Å². The van der Waals surface area contributed by atoms with Gasteiger partial charge in [0, 0.05) is 10.4 Å². The molecule has 2 aromatic carbocycles. The van der Waals surface area contributed by atoms with E-state index in [1.807, 2.05) is 24.3 Å². The predicted octanol–water partition coefficient (Wildman–Crippen LogP) is 10.9. The maximum Gasteiger partial charge on any atom is 0.126 e. The van der Waals surface area contributed by atoms with Crippen molar-refractivity contribution in [2.45, 2.75) is 117 Å². The van der Waals surface area contributed by atoms with Gasteiger partial charge in [0.25, 0.3) is 0 Å². The Labute approximate surface area is 227 Å². The maximum absolute atomic E-state index is 6.27. The highest BCUT2D eigenvalue weighted by Crippen LogP contribution is 2.24. The third-order valence-electron chi connectivity index (χ3n) is 6.84. The van der Waals surface area contributed by atoms with E-state index in [-0.39, 0.29) is 0 Å². The van der Waals surface area contributed by atoms with E-state index in [1.54, 1.807) is 0 Å². The van der Waals surface area contributed by atoms with Crippen molar-refractivity contribution >= 4 is 23.2 Å². The van der Waals surface area contributed by atoms with E-state index in [0.717, 1.165) is 47.6 Å². The van der Waals surface area contributed by atoms with Crippen LogP contribution in [0, 0.1) is 0 Å². The molecular formula is C34H50OS. The van der Waals surface area contributed by atoms with Gasteiger partial charge in [-0.2, -0.15) is 0 Å². The highest BCUT2D eigenvalue weighted by molar-refractivity contribution is 7.81. The molecule has 0 radical (unpaired) electrons. The lowest BCUT2D eigenvalue weighted by atomic mass is 10.0. The van der Waals surface area contributed by atoms with Crippen molar-refractivity contribution in [1.29, 1.82) is 0 Å². The molecule has 0 unspecified atom stereocenters. The summed E-state index contributed by atoms with van der Waals surface area (Å²) < 4.78 is 6.27. The molecule has 198 valence electrons. The second kappa shape index (κ2) is 20.2. The van der Waals surface area contributed by atoms with Gasteiger partial charge < -0.3 is 4.74 Å². The Balaban J connectivity index is 1.65. The fraction of sp³-hybridized carbons (Fsp3) is 0.559. The lowest BCUT2D eigenvalue weighted by Crippen LogP contribution is -2.00. The summed E-state index contributed by atoms with van der Waals surface area (Å²) in [6, 6.07) is 16.8. The van der Waals surface area contributed by atoms with Crippen molar-refractivity contribution in [3.8, 4) is 5.75 Å². The van der Waals surface area contributed by atoms with Crippen molar-refractivity contribution in [1.82, 2.24) is 0 Å². The Bertz CT molecular complexity index is 855. The SMILES string of the molecule is CCCCCCCCCCCCCCCCOc1cc(CCC)ccc1C=CC(=S)c1ccccc1. The average Bonchev–Trinajstić information content (AvgIpc) is 2.91. The number of unbranched alkanes of at least 4 members (excludes halogenated alkanes) is 13. The molecule has 0 amide bonds. The molecule has 0 atom stereocenters. The number of hydrogen-bond acceptors (Lipinski definition) is 2. The Morgan fingerprint density at radius 3 is 1.86 bits per heavy atom. The van der Waals surface area contributed by atoms with E-state index >= 15 is 0 Å². The molecule has 0 N–H and O–H groups in total. The van der Waals surface area contributed by atoms with Gasteiger partial charge in [0.1, 0.15) is 5.75 Å². The molecule has 0 heterocycles. The van der Waals surface area contributed by atoms with E-state index in [9.17, 15) is 0 Å². The predicted molar refractivity (Wildman–Crippen MR) is 163 cm³/mol. The molecular weight excluding hydrogens is 456 g/mol. The number of thiocarbonyl (C=S) groups is 1. The fourth-order valence-corrected chi connectivity index (χ4v) is 4.83. The lowest BCUT2D eigenvalue weighted by molar-refractivity contribution is 0.303. The normalized spacial score (nSPS) is 11.3. The van der Waals surface area contributed by atoms with Gasteiger partial charge >= 0.3 is 0 Å². The zero-order valence-electron chi connectivity index (χ0n) is 23.1. The van der Waals surface area contributed by atoms with Crippen LogP contribution in [-0.4, -0.2) is 11.5 Å². The highest BCUT2D eigenvalue weighted by atomic mass is 32.1. The second-order valence-electron chi connectivity index (χ2n) is 10.1. The molecule has 0 aliphatic heterocycles. The minimum absolute atomic E-state index is 0.789. The van der Waals surface area contributed by atoms with Crippen LogP contribution in [0.3, 0.4) is 0 Å². The quantitative estimate of drug-likeness (QED) is 0.0720. The largest absolute Gasteiger partial charge is 0.493 e. The van der Waals surface area contributed by atoms with Crippen LogP contribution in [0.25, 0.3) is 6.08 Å². The molecule has 36 heavy (non-hydrogen) atoms. The van der Waals surface area contributed by atoms with Crippen LogP contribution in [0.1, 0.15) is 127 Å². The summed E-state index contributed by atoms with van der Waals surface area (Å²) in [6.45, 7) is 5.30. The molecule has 0 bridgehead atoms. The molecule has 2 aromatic rings. The monoisotopic (exact) mass is 506 g/mol. The minimum atomic E-state index is 0.789. The minimum Gasteiger partial charge on any atom is -0.493 e. The number of rotatable bonds is 21. The molecule has 0 saturated carbocycles. The summed E-state index contributed by atoms with van der Waals surface area (Å²) in [7, 11) is 0. The van der Waals surface area contributed by atoms with Crippen LogP contribution in [0.4, 0.5) is 0 Å². The van der Waals surface area contributed by atoms with Crippen LogP contribution in [-0.2, 0) is 6.42 Å². The summed E-state index contributed by atoms with van der Waals surface area (Å²) in [5, 5.41) is 0. The average molecular weight is 507 g/mol. The zero-order chi connectivity index (χ0) is 25.7. The maximum atomic E-state index is 6.27. The standard InChI is InChI=1S/C34H50OS/c1-3-5-6-7-8-9-10-11-12-13-14-15-16-20-28-35-33-29-30(21-4-2)24-25-31(33)26-27-34(36)32-22-18-17-19-23-32/h17-19,22-27,29H,3-16,20-21,28H2,1-2H3. The molecule has 0 aromatic heterocycles. The topological polar surface area (TPSA) is 9.23 Å². The van der Waals surface area contributed by atoms with E-state index < -0.39 is 0 Å². The van der Waals surface area contributed by atoms with Crippen molar-refractivity contribution in [2.75, 3.05) is 6.61 Å². The Kier molecular flexibility index (Phi) is 17.0. The second-order valence-corrected chi connectivity index (χ2v) is 10.6. The number of hydrogen-bond donors (Lipinski definition) is 0.